The highest BCUT2D eigenvalue weighted by Gasteiger charge is 2.35. The molecule has 0 amide bonds. The Morgan fingerprint density at radius 2 is 1.76 bits per heavy atom. The Hall–Kier alpha value is -2.88. The number of nitrogens with one attached hydrogen (secondary N) is 3. The predicted octanol–water partition coefficient (Wildman–Crippen LogP) is 5.13. The molecule has 1 aliphatic rings. The number of rotatable bonds is 9. The van der Waals surface area contributed by atoms with Gasteiger partial charge < -0.3 is 15.4 Å². The highest BCUT2D eigenvalue weighted by Crippen LogP contribution is 2.30. The van der Waals surface area contributed by atoms with E-state index in [9.17, 15) is 8.42 Å². The number of sulfonamides is 1. The quantitative estimate of drug-likeness (QED) is 0.373. The molecular weight excluding hydrogens is 474 g/mol. The maximum atomic E-state index is 12.1. The average molecular weight is 502 g/mol. The summed E-state index contributed by atoms with van der Waals surface area (Å²) in [5, 5.41) is 6.62. The fraction of sp³-hybridized carbons (Fsp3) is 0.333. The van der Waals surface area contributed by atoms with E-state index in [2.05, 4.69) is 25.3 Å². The number of benzene rings is 2. The first kappa shape index (κ1) is 24.3. The molecule has 3 N–H and O–H groups in total. The smallest absolute Gasteiger partial charge is 0.229 e. The van der Waals surface area contributed by atoms with Gasteiger partial charge in [-0.05, 0) is 74.1 Å². The van der Waals surface area contributed by atoms with Crippen molar-refractivity contribution in [2.24, 2.45) is 0 Å². The summed E-state index contributed by atoms with van der Waals surface area (Å²) in [6, 6.07) is 9.64. The van der Waals surface area contributed by atoms with Crippen molar-refractivity contribution < 1.29 is 13.2 Å². The first-order valence-corrected chi connectivity index (χ1v) is 12.9. The fourth-order valence-electron chi connectivity index (χ4n) is 3.77. The number of nitrogens with zero attached hydrogens (tertiary/aromatic N) is 2. The van der Waals surface area contributed by atoms with Gasteiger partial charge in [0.1, 0.15) is 10.8 Å². The lowest BCUT2D eigenvalue weighted by atomic mass is 10.1. The maximum absolute atomic E-state index is 12.1. The molecule has 34 heavy (non-hydrogen) atoms. The monoisotopic (exact) mass is 501 g/mol. The summed E-state index contributed by atoms with van der Waals surface area (Å²) in [4.78, 5) is 8.83. The molecule has 4 rings (SSSR count). The topological polar surface area (TPSA) is 105 Å². The van der Waals surface area contributed by atoms with E-state index in [0.29, 0.717) is 16.8 Å². The Bertz CT molecular complexity index is 1300. The Kier molecular flexibility index (Phi) is 6.97. The van der Waals surface area contributed by atoms with Gasteiger partial charge >= 0.3 is 0 Å². The van der Waals surface area contributed by atoms with Gasteiger partial charge in [-0.1, -0.05) is 23.7 Å². The van der Waals surface area contributed by atoms with E-state index in [0.717, 1.165) is 52.2 Å². The van der Waals surface area contributed by atoms with Gasteiger partial charge in [-0.3, -0.25) is 0 Å². The van der Waals surface area contributed by atoms with Gasteiger partial charge in [0, 0.05) is 17.9 Å². The van der Waals surface area contributed by atoms with Crippen LogP contribution in [-0.4, -0.2) is 30.7 Å². The number of hydrogen-bond donors (Lipinski definition) is 3. The Morgan fingerprint density at radius 1 is 1.06 bits per heavy atom. The highest BCUT2D eigenvalue weighted by atomic mass is 35.5. The predicted molar refractivity (Wildman–Crippen MR) is 136 cm³/mol. The van der Waals surface area contributed by atoms with E-state index >= 15 is 0 Å². The van der Waals surface area contributed by atoms with Crippen LogP contribution in [0.3, 0.4) is 0 Å². The molecule has 0 bridgehead atoms. The number of methoxy groups -OCH3 is 1. The van der Waals surface area contributed by atoms with Crippen LogP contribution < -0.4 is 20.1 Å². The molecule has 1 aliphatic carbocycles. The van der Waals surface area contributed by atoms with Gasteiger partial charge in [0.2, 0.25) is 16.0 Å². The van der Waals surface area contributed by atoms with Gasteiger partial charge in [-0.2, -0.15) is 4.98 Å². The van der Waals surface area contributed by atoms with Crippen LogP contribution in [0.15, 0.2) is 36.5 Å². The molecule has 1 heterocycles. The van der Waals surface area contributed by atoms with E-state index in [1.54, 1.807) is 13.3 Å². The normalized spacial score (nSPS) is 13.6. The summed E-state index contributed by atoms with van der Waals surface area (Å²) >= 11 is 6.35. The second-order valence-electron chi connectivity index (χ2n) is 8.50. The maximum Gasteiger partial charge on any atom is 0.229 e. The van der Waals surface area contributed by atoms with Crippen LogP contribution in [0, 0.1) is 20.8 Å². The van der Waals surface area contributed by atoms with Gasteiger partial charge in [0.25, 0.3) is 0 Å². The van der Waals surface area contributed by atoms with Crippen molar-refractivity contribution in [3.8, 4) is 5.75 Å². The molecule has 10 heteroatoms. The average Bonchev–Trinajstić information content (AvgIpc) is 3.62. The highest BCUT2D eigenvalue weighted by molar-refractivity contribution is 7.90. The minimum atomic E-state index is -3.22. The summed E-state index contributed by atoms with van der Waals surface area (Å²) in [6.45, 7) is 6.17. The molecule has 0 saturated heterocycles. The number of ether oxygens (including phenoxy) is 1. The van der Waals surface area contributed by atoms with Crippen molar-refractivity contribution in [2.75, 3.05) is 17.7 Å². The van der Waals surface area contributed by atoms with Crippen molar-refractivity contribution in [1.29, 1.82) is 0 Å². The molecule has 180 valence electrons. The zero-order chi connectivity index (χ0) is 24.5. The standard InChI is InChI=1S/C24H28ClN5O3S/c1-14-9-17(12-27-34(31,32)19-6-7-19)5-8-21(14)29-23-20(25)13-26-24(30-23)28-18-10-15(2)22(33-4)16(3)11-18/h5,8-11,13,19,27H,6-7,12H2,1-4H3,(H2,26,28,29,30). The number of anilines is 4. The van der Waals surface area contributed by atoms with E-state index in [4.69, 9.17) is 16.3 Å². The molecule has 0 unspecified atom stereocenters. The van der Waals surface area contributed by atoms with Crippen LogP contribution in [0.4, 0.5) is 23.1 Å². The molecule has 3 aromatic rings. The summed E-state index contributed by atoms with van der Waals surface area (Å²) in [6.07, 6.45) is 3.02. The van der Waals surface area contributed by atoms with E-state index < -0.39 is 10.0 Å². The third-order valence-corrected chi connectivity index (χ3v) is 7.82. The molecule has 0 spiro atoms. The zero-order valence-corrected chi connectivity index (χ0v) is 21.1. The zero-order valence-electron chi connectivity index (χ0n) is 19.6. The molecule has 8 nitrogen and oxygen atoms in total. The van der Waals surface area contributed by atoms with Crippen molar-refractivity contribution in [3.63, 3.8) is 0 Å². The third-order valence-electron chi connectivity index (χ3n) is 5.65. The van der Waals surface area contributed by atoms with Crippen LogP contribution in [0.5, 0.6) is 5.75 Å². The first-order chi connectivity index (χ1) is 16.2. The van der Waals surface area contributed by atoms with Crippen LogP contribution >= 0.6 is 11.6 Å². The molecule has 2 aromatic carbocycles. The van der Waals surface area contributed by atoms with Crippen molar-refractivity contribution >= 4 is 44.8 Å². The van der Waals surface area contributed by atoms with Gasteiger partial charge in [0.05, 0.1) is 18.6 Å². The first-order valence-electron chi connectivity index (χ1n) is 11.0. The lowest BCUT2D eigenvalue weighted by molar-refractivity contribution is 0.408. The van der Waals surface area contributed by atoms with Crippen LogP contribution in [0.2, 0.25) is 5.02 Å². The number of hydrogen-bond acceptors (Lipinski definition) is 7. The summed E-state index contributed by atoms with van der Waals surface area (Å²) in [5.41, 5.74) is 5.50. The third kappa shape index (κ3) is 5.60. The van der Waals surface area contributed by atoms with E-state index in [1.165, 1.54) is 0 Å². The van der Waals surface area contributed by atoms with Gasteiger partial charge in [-0.15, -0.1) is 0 Å². The van der Waals surface area contributed by atoms with Crippen LogP contribution in [-0.2, 0) is 16.6 Å². The number of aromatic nitrogens is 2. The molecule has 1 saturated carbocycles. The van der Waals surface area contributed by atoms with Crippen LogP contribution in [0.25, 0.3) is 0 Å². The molecule has 0 atom stereocenters. The minimum absolute atomic E-state index is 0.233. The van der Waals surface area contributed by atoms with E-state index in [1.807, 2.05) is 51.1 Å². The van der Waals surface area contributed by atoms with Crippen molar-refractivity contribution in [1.82, 2.24) is 14.7 Å². The second-order valence-corrected chi connectivity index (χ2v) is 11.0. The minimum Gasteiger partial charge on any atom is -0.496 e. The Morgan fingerprint density at radius 3 is 2.38 bits per heavy atom. The molecule has 0 aliphatic heterocycles. The molecular formula is C24H28ClN5O3S. The Balaban J connectivity index is 1.48. The van der Waals surface area contributed by atoms with E-state index in [-0.39, 0.29) is 11.8 Å². The second kappa shape index (κ2) is 9.77. The SMILES string of the molecule is COc1c(C)cc(Nc2ncc(Cl)c(Nc3ccc(CNS(=O)(=O)C4CC4)cc3C)n2)cc1C. The molecule has 0 radical (unpaired) electrons. The largest absolute Gasteiger partial charge is 0.496 e. The van der Waals surface area contributed by atoms with Crippen molar-refractivity contribution in [2.45, 2.75) is 45.4 Å². The lowest BCUT2D eigenvalue weighted by Gasteiger charge is -2.14. The summed E-state index contributed by atoms with van der Waals surface area (Å²) < 4.78 is 32.2. The van der Waals surface area contributed by atoms with Crippen molar-refractivity contribution in [3.05, 3.63) is 63.8 Å². The molecule has 1 fully saturated rings. The van der Waals surface area contributed by atoms with Crippen LogP contribution in [0.1, 0.15) is 35.1 Å². The van der Waals surface area contributed by atoms with Gasteiger partial charge in [0.15, 0.2) is 5.82 Å². The molecule has 1 aromatic heterocycles. The summed E-state index contributed by atoms with van der Waals surface area (Å²) in [7, 11) is -1.56. The lowest BCUT2D eigenvalue weighted by Crippen LogP contribution is -2.26. The summed E-state index contributed by atoms with van der Waals surface area (Å²) in [5.74, 6) is 1.72. The van der Waals surface area contributed by atoms with Gasteiger partial charge in [-0.25, -0.2) is 18.1 Å². The Labute approximate surface area is 205 Å². The number of halogens is 1. The fourth-order valence-corrected chi connectivity index (χ4v) is 5.27. The number of aryl methyl sites for hydroxylation is 3.